The van der Waals surface area contributed by atoms with Gasteiger partial charge in [-0.25, -0.2) is 15.0 Å². The van der Waals surface area contributed by atoms with Crippen LogP contribution in [0.5, 0.6) is 0 Å². The summed E-state index contributed by atoms with van der Waals surface area (Å²) in [5.41, 5.74) is 1.70. The number of hydrogen-bond donors (Lipinski definition) is 5. The monoisotopic (exact) mass is 646 g/mol. The van der Waals surface area contributed by atoms with Gasteiger partial charge in [0, 0.05) is 44.3 Å². The minimum absolute atomic E-state index is 0.119. The van der Waals surface area contributed by atoms with Crippen molar-refractivity contribution in [1.82, 2.24) is 35.1 Å². The number of ether oxygens (including phenoxy) is 1. The highest BCUT2D eigenvalue weighted by molar-refractivity contribution is 5.87. The molecule has 3 heterocycles. The molecule has 1 aliphatic rings. The number of nitrogens with one attached hydrogen (secondary N) is 3. The van der Waals surface area contributed by atoms with Gasteiger partial charge in [0.2, 0.25) is 0 Å². The Bertz CT molecular complexity index is 1700. The van der Waals surface area contributed by atoms with E-state index in [0.717, 1.165) is 16.3 Å². The molecule has 4 aromatic rings. The zero-order chi connectivity index (χ0) is 33.7. The third-order valence-corrected chi connectivity index (χ3v) is 8.25. The van der Waals surface area contributed by atoms with Gasteiger partial charge in [0.15, 0.2) is 35.1 Å². The number of benzene rings is 2. The smallest absolute Gasteiger partial charge is 0.252 e. The van der Waals surface area contributed by atoms with Gasteiger partial charge in [-0.05, 0) is 51.0 Å². The first-order valence-corrected chi connectivity index (χ1v) is 16.0. The second kappa shape index (κ2) is 15.0. The molecule has 0 aliphatic carbocycles. The zero-order valence-corrected chi connectivity index (χ0v) is 27.4. The van der Waals surface area contributed by atoms with Crippen LogP contribution in [0.3, 0.4) is 0 Å². The molecule has 1 amide bonds. The highest BCUT2D eigenvalue weighted by atomic mass is 16.6. The van der Waals surface area contributed by atoms with Gasteiger partial charge in [-0.15, -0.1) is 0 Å². The second-order valence-electron chi connectivity index (χ2n) is 12.1. The van der Waals surface area contributed by atoms with E-state index in [0.29, 0.717) is 49.6 Å². The number of carbonyl (C=O) groups excluding carboxylic acids is 1. The average molecular weight is 647 g/mol. The van der Waals surface area contributed by atoms with E-state index in [-0.39, 0.29) is 18.0 Å². The SMILES string of the molecule is CCNC(=O)[C@H]1O[C@@H](n2cnc3c(NCc4cccc5ccccc45)nc(CN=C([O-])NCCN(C(C)C)C(C)C)nc32)[C@H](O)[C@@H]1O. The van der Waals surface area contributed by atoms with Gasteiger partial charge in [-0.1, -0.05) is 42.5 Å². The number of carbonyl (C=O) groups is 1. The van der Waals surface area contributed by atoms with Crippen LogP contribution in [0, 0.1) is 0 Å². The zero-order valence-electron chi connectivity index (χ0n) is 27.4. The van der Waals surface area contributed by atoms with E-state index in [9.17, 15) is 20.1 Å². The van der Waals surface area contributed by atoms with Gasteiger partial charge in [-0.2, -0.15) is 0 Å². The summed E-state index contributed by atoms with van der Waals surface area (Å²) >= 11 is 0. The molecule has 2 aromatic carbocycles. The number of amidine groups is 1. The van der Waals surface area contributed by atoms with E-state index >= 15 is 0 Å². The molecular formula is C33H44N9O5-. The van der Waals surface area contributed by atoms with Gasteiger partial charge in [0.25, 0.3) is 5.91 Å². The fraction of sp³-hybridized carbons (Fsp3) is 0.485. The molecule has 0 bridgehead atoms. The van der Waals surface area contributed by atoms with Crippen molar-refractivity contribution in [3.8, 4) is 0 Å². The number of hydrogen-bond acceptors (Lipinski definition) is 11. The van der Waals surface area contributed by atoms with Gasteiger partial charge in [0.05, 0.1) is 6.33 Å². The lowest BCUT2D eigenvalue weighted by Crippen LogP contribution is -2.44. The third kappa shape index (κ3) is 7.62. The number of fused-ring (bicyclic) bond motifs is 2. The highest BCUT2D eigenvalue weighted by Gasteiger charge is 2.47. The number of aliphatic hydroxyl groups excluding tert-OH is 2. The molecule has 0 saturated carbocycles. The molecule has 0 radical (unpaired) electrons. The lowest BCUT2D eigenvalue weighted by Gasteiger charge is -2.31. The first-order chi connectivity index (χ1) is 22.6. The average Bonchev–Trinajstić information content (AvgIpc) is 3.60. The van der Waals surface area contributed by atoms with E-state index in [4.69, 9.17) is 4.74 Å². The number of rotatable bonds is 13. The normalized spacial score (nSPS) is 20.2. The van der Waals surface area contributed by atoms with Crippen molar-refractivity contribution >= 4 is 39.7 Å². The molecule has 0 unspecified atom stereocenters. The molecule has 14 nitrogen and oxygen atoms in total. The first-order valence-electron chi connectivity index (χ1n) is 16.0. The summed E-state index contributed by atoms with van der Waals surface area (Å²) in [7, 11) is 0. The van der Waals surface area contributed by atoms with Crippen LogP contribution in [0.4, 0.5) is 5.82 Å². The molecule has 5 rings (SSSR count). The van der Waals surface area contributed by atoms with Gasteiger partial charge in [0.1, 0.15) is 18.8 Å². The lowest BCUT2D eigenvalue weighted by molar-refractivity contribution is -0.222. The topological polar surface area (TPSA) is 185 Å². The molecule has 1 fully saturated rings. The fourth-order valence-corrected chi connectivity index (χ4v) is 5.95. The van der Waals surface area contributed by atoms with Crippen molar-refractivity contribution in [1.29, 1.82) is 0 Å². The maximum absolute atomic E-state index is 12.7. The van der Waals surface area contributed by atoms with Crippen molar-refractivity contribution in [3.63, 3.8) is 0 Å². The standard InChI is InChI=1S/C33H45N9O5/c1-6-34-31(45)28-26(43)27(44)32(47-28)42-18-38-25-29(36-16-22-12-9-11-21-10-7-8-13-23(21)22)39-24(40-30(25)42)17-37-33(46)35-14-15-41(19(2)3)20(4)5/h7-13,18-20,26-28,32,43-44H,6,14-17H2,1-5H3,(H,34,45)(H2,35,37,46)(H,36,39,40)/p-1/t26-,27+,28-,32+/m0/s1. The van der Waals surface area contributed by atoms with Crippen LogP contribution in [-0.4, -0.2) is 96.6 Å². The number of amides is 1. The van der Waals surface area contributed by atoms with Gasteiger partial charge >= 0.3 is 0 Å². The Morgan fingerprint density at radius 1 is 1.06 bits per heavy atom. The van der Waals surface area contributed by atoms with Crippen LogP contribution < -0.4 is 21.1 Å². The minimum atomic E-state index is -1.46. The van der Waals surface area contributed by atoms with Gasteiger partial charge < -0.3 is 36.0 Å². The summed E-state index contributed by atoms with van der Waals surface area (Å²) in [4.78, 5) is 32.8. The quantitative estimate of drug-likeness (QED) is 0.104. The van der Waals surface area contributed by atoms with Crippen LogP contribution >= 0.6 is 0 Å². The molecule has 252 valence electrons. The van der Waals surface area contributed by atoms with Crippen LogP contribution in [0.25, 0.3) is 21.9 Å². The number of aliphatic imine (C=N–C) groups is 1. The Kier molecular flexibility index (Phi) is 10.9. The number of anilines is 1. The molecule has 14 heteroatoms. The Hall–Kier alpha value is -4.37. The number of imidazole rings is 1. The fourth-order valence-electron chi connectivity index (χ4n) is 5.95. The predicted molar refractivity (Wildman–Crippen MR) is 177 cm³/mol. The largest absolute Gasteiger partial charge is 0.846 e. The van der Waals surface area contributed by atoms with E-state index in [2.05, 4.69) is 74.6 Å². The van der Waals surface area contributed by atoms with Gasteiger partial charge in [-0.3, -0.25) is 19.3 Å². The van der Waals surface area contributed by atoms with Crippen LogP contribution in [0.2, 0.25) is 0 Å². The van der Waals surface area contributed by atoms with Crippen LogP contribution in [0.15, 0.2) is 53.8 Å². The summed E-state index contributed by atoms with van der Waals surface area (Å²) in [6.07, 6.45) is -3.90. The second-order valence-corrected chi connectivity index (χ2v) is 12.1. The maximum Gasteiger partial charge on any atom is 0.252 e. The Balaban J connectivity index is 1.43. The van der Waals surface area contributed by atoms with Crippen molar-refractivity contribution in [2.24, 2.45) is 4.99 Å². The van der Waals surface area contributed by atoms with E-state index in [1.54, 1.807) is 6.92 Å². The van der Waals surface area contributed by atoms with Crippen LogP contribution in [-0.2, 0) is 22.6 Å². The number of aliphatic hydroxyl groups is 2. The molecule has 0 spiro atoms. The van der Waals surface area contributed by atoms with E-state index in [1.807, 2.05) is 36.4 Å². The summed E-state index contributed by atoms with van der Waals surface area (Å²) in [5, 5.41) is 45.2. The number of nitrogens with zero attached hydrogens (tertiary/aromatic N) is 6. The summed E-state index contributed by atoms with van der Waals surface area (Å²) < 4.78 is 7.31. The molecule has 1 saturated heterocycles. The molecular weight excluding hydrogens is 602 g/mol. The minimum Gasteiger partial charge on any atom is -0.846 e. The van der Waals surface area contributed by atoms with Crippen LogP contribution in [0.1, 0.15) is 52.2 Å². The van der Waals surface area contributed by atoms with Crippen molar-refractivity contribution in [2.75, 3.05) is 25.0 Å². The first kappa shape index (κ1) is 34.0. The van der Waals surface area contributed by atoms with Crippen molar-refractivity contribution in [3.05, 3.63) is 60.2 Å². The Labute approximate surface area is 273 Å². The predicted octanol–water partition coefficient (Wildman–Crippen LogP) is 1.27. The third-order valence-electron chi connectivity index (χ3n) is 8.25. The lowest BCUT2D eigenvalue weighted by atomic mass is 10.0. The molecule has 5 N–H and O–H groups in total. The Morgan fingerprint density at radius 3 is 2.55 bits per heavy atom. The van der Waals surface area contributed by atoms with E-state index in [1.165, 1.54) is 10.9 Å². The molecule has 1 aliphatic heterocycles. The number of aromatic nitrogens is 4. The number of likely N-dealkylation sites (N-methyl/N-ethyl adjacent to an activating group) is 1. The maximum atomic E-state index is 12.7. The summed E-state index contributed by atoms with van der Waals surface area (Å²) in [6.45, 7) is 12.0. The molecule has 4 atom stereocenters. The highest BCUT2D eigenvalue weighted by Crippen LogP contribution is 2.33. The summed E-state index contributed by atoms with van der Waals surface area (Å²) in [6, 6.07) is 14.3. The van der Waals surface area contributed by atoms with Crippen molar-refractivity contribution < 1.29 is 24.9 Å². The Morgan fingerprint density at radius 2 is 1.81 bits per heavy atom. The van der Waals surface area contributed by atoms with Crippen molar-refractivity contribution in [2.45, 2.75) is 84.3 Å². The summed E-state index contributed by atoms with van der Waals surface area (Å²) in [5.74, 6) is 0.0904. The van der Waals surface area contributed by atoms with E-state index < -0.39 is 36.5 Å². The molecule has 2 aromatic heterocycles. The molecule has 47 heavy (non-hydrogen) atoms.